The Bertz CT molecular complexity index is 1220. The Hall–Kier alpha value is -3.93. The van der Waals surface area contributed by atoms with Crippen molar-refractivity contribution in [2.45, 2.75) is 20.4 Å². The molecule has 0 spiro atoms. The van der Waals surface area contributed by atoms with Gasteiger partial charge in [0.2, 0.25) is 0 Å². The number of methoxy groups -OCH3 is 1. The number of amides is 1. The number of hydrogen-bond donors (Lipinski definition) is 1. The van der Waals surface area contributed by atoms with Crippen LogP contribution in [0.5, 0.6) is 5.75 Å². The highest BCUT2D eigenvalue weighted by molar-refractivity contribution is 5.94. The number of nitrogens with zero attached hydrogens (tertiary/aromatic N) is 3. The third-order valence-electron chi connectivity index (χ3n) is 5.08. The summed E-state index contributed by atoms with van der Waals surface area (Å²) >= 11 is 0. The lowest BCUT2D eigenvalue weighted by Crippen LogP contribution is -2.25. The molecule has 1 N–H and O–H groups in total. The van der Waals surface area contributed by atoms with E-state index in [2.05, 4.69) is 10.3 Å². The van der Waals surface area contributed by atoms with Gasteiger partial charge in [0, 0.05) is 24.5 Å². The molecular weight excluding hydrogens is 388 g/mol. The van der Waals surface area contributed by atoms with Gasteiger partial charge in [0.25, 0.3) is 5.91 Å². The highest BCUT2D eigenvalue weighted by atomic mass is 16.5. The molecule has 4 aromatic rings. The molecule has 0 saturated heterocycles. The van der Waals surface area contributed by atoms with E-state index in [1.165, 1.54) is 0 Å². The molecule has 0 aliphatic heterocycles. The quantitative estimate of drug-likeness (QED) is 0.507. The summed E-state index contributed by atoms with van der Waals surface area (Å²) in [5.41, 5.74) is 5.99. The monoisotopic (exact) mass is 412 g/mol. The number of benzene rings is 2. The van der Waals surface area contributed by atoms with Gasteiger partial charge in [-0.1, -0.05) is 30.3 Å². The summed E-state index contributed by atoms with van der Waals surface area (Å²) < 4.78 is 7.07. The first kappa shape index (κ1) is 20.3. The van der Waals surface area contributed by atoms with Crippen molar-refractivity contribution in [3.63, 3.8) is 0 Å². The van der Waals surface area contributed by atoms with E-state index in [1.807, 2.05) is 74.5 Å². The standard InChI is InChI=1S/C25H24N4O2/c1-17-9-10-18(2)23(12-17)29-24(25(30)27-16-19-6-5-11-26-15-19)14-22(28-29)20-7-4-8-21(13-20)31-3/h4-15H,16H2,1-3H3,(H,27,30). The van der Waals surface area contributed by atoms with Crippen molar-refractivity contribution in [2.24, 2.45) is 0 Å². The van der Waals surface area contributed by atoms with Gasteiger partial charge in [-0.25, -0.2) is 4.68 Å². The third kappa shape index (κ3) is 4.48. The maximum atomic E-state index is 13.2. The number of ether oxygens (including phenoxy) is 1. The lowest BCUT2D eigenvalue weighted by Gasteiger charge is -2.11. The maximum Gasteiger partial charge on any atom is 0.270 e. The van der Waals surface area contributed by atoms with E-state index < -0.39 is 0 Å². The van der Waals surface area contributed by atoms with Crippen molar-refractivity contribution in [3.8, 4) is 22.7 Å². The van der Waals surface area contributed by atoms with Crippen LogP contribution >= 0.6 is 0 Å². The zero-order valence-corrected chi connectivity index (χ0v) is 17.8. The molecule has 6 heteroatoms. The Morgan fingerprint density at radius 1 is 1.06 bits per heavy atom. The minimum absolute atomic E-state index is 0.202. The van der Waals surface area contributed by atoms with Crippen molar-refractivity contribution in [2.75, 3.05) is 7.11 Å². The smallest absolute Gasteiger partial charge is 0.270 e. The van der Waals surface area contributed by atoms with Crippen LogP contribution in [-0.2, 0) is 6.54 Å². The van der Waals surface area contributed by atoms with E-state index in [0.717, 1.165) is 33.7 Å². The number of pyridine rings is 1. The second kappa shape index (κ2) is 8.83. The van der Waals surface area contributed by atoms with Crippen LogP contribution in [0.2, 0.25) is 0 Å². The Labute approximate surface area is 181 Å². The van der Waals surface area contributed by atoms with Crippen LogP contribution in [0.25, 0.3) is 16.9 Å². The fourth-order valence-corrected chi connectivity index (χ4v) is 3.37. The molecule has 0 unspecified atom stereocenters. The molecule has 1 amide bonds. The van der Waals surface area contributed by atoms with Crippen LogP contribution in [0.1, 0.15) is 27.2 Å². The SMILES string of the molecule is COc1cccc(-c2cc(C(=O)NCc3cccnc3)n(-c3cc(C)ccc3C)n2)c1. The van der Waals surface area contributed by atoms with Gasteiger partial charge in [-0.15, -0.1) is 0 Å². The average Bonchev–Trinajstić information content (AvgIpc) is 3.25. The number of carbonyl (C=O) groups is 1. The molecule has 0 aliphatic rings. The summed E-state index contributed by atoms with van der Waals surface area (Å²) in [7, 11) is 1.63. The third-order valence-corrected chi connectivity index (χ3v) is 5.08. The second-order valence-corrected chi connectivity index (χ2v) is 7.39. The van der Waals surface area contributed by atoms with Gasteiger partial charge in [0.1, 0.15) is 11.4 Å². The molecule has 4 rings (SSSR count). The van der Waals surface area contributed by atoms with Crippen LogP contribution in [0.4, 0.5) is 0 Å². The largest absolute Gasteiger partial charge is 0.497 e. The number of aromatic nitrogens is 3. The predicted octanol–water partition coefficient (Wildman–Crippen LogP) is 4.49. The number of carbonyl (C=O) groups excluding carboxylic acids is 1. The molecule has 0 radical (unpaired) electrons. The molecule has 156 valence electrons. The lowest BCUT2D eigenvalue weighted by atomic mass is 10.1. The minimum atomic E-state index is -0.202. The summed E-state index contributed by atoms with van der Waals surface area (Å²) in [6.07, 6.45) is 3.45. The number of hydrogen-bond acceptors (Lipinski definition) is 4. The molecule has 0 bridgehead atoms. The molecule has 0 saturated carbocycles. The lowest BCUT2D eigenvalue weighted by molar-refractivity contribution is 0.0943. The van der Waals surface area contributed by atoms with Crippen LogP contribution in [0.3, 0.4) is 0 Å². The normalized spacial score (nSPS) is 10.7. The second-order valence-electron chi connectivity index (χ2n) is 7.39. The van der Waals surface area contributed by atoms with Crippen molar-refractivity contribution < 1.29 is 9.53 Å². The van der Waals surface area contributed by atoms with Gasteiger partial charge >= 0.3 is 0 Å². The maximum absolute atomic E-state index is 13.2. The average molecular weight is 412 g/mol. The Morgan fingerprint density at radius 3 is 2.71 bits per heavy atom. The van der Waals surface area contributed by atoms with Gasteiger partial charge in [-0.05, 0) is 60.9 Å². The van der Waals surface area contributed by atoms with E-state index >= 15 is 0 Å². The van der Waals surface area contributed by atoms with Crippen LogP contribution in [-0.4, -0.2) is 27.8 Å². The van der Waals surface area contributed by atoms with E-state index in [9.17, 15) is 4.79 Å². The zero-order valence-electron chi connectivity index (χ0n) is 17.8. The summed E-state index contributed by atoms with van der Waals surface area (Å²) in [6, 6.07) is 19.4. The van der Waals surface area contributed by atoms with Gasteiger partial charge in [0.05, 0.1) is 18.5 Å². The fraction of sp³-hybridized carbons (Fsp3) is 0.160. The van der Waals surface area contributed by atoms with Gasteiger partial charge in [0.15, 0.2) is 0 Å². The molecule has 0 aliphatic carbocycles. The molecule has 0 fully saturated rings. The fourth-order valence-electron chi connectivity index (χ4n) is 3.37. The number of nitrogens with one attached hydrogen (secondary N) is 1. The molecule has 0 atom stereocenters. The van der Waals surface area contributed by atoms with E-state index in [-0.39, 0.29) is 5.91 Å². The molecular formula is C25H24N4O2. The van der Waals surface area contributed by atoms with Gasteiger partial charge in [-0.3, -0.25) is 9.78 Å². The molecule has 31 heavy (non-hydrogen) atoms. The van der Waals surface area contributed by atoms with Crippen molar-refractivity contribution in [3.05, 3.63) is 95.4 Å². The molecule has 2 heterocycles. The van der Waals surface area contributed by atoms with E-state index in [1.54, 1.807) is 24.2 Å². The summed E-state index contributed by atoms with van der Waals surface area (Å²) in [4.78, 5) is 17.3. The summed E-state index contributed by atoms with van der Waals surface area (Å²) in [5, 5.41) is 7.77. The van der Waals surface area contributed by atoms with Crippen molar-refractivity contribution in [1.82, 2.24) is 20.1 Å². The first-order chi connectivity index (χ1) is 15.0. The zero-order chi connectivity index (χ0) is 21.8. The van der Waals surface area contributed by atoms with Gasteiger partial charge < -0.3 is 10.1 Å². The first-order valence-corrected chi connectivity index (χ1v) is 10.0. The Morgan fingerprint density at radius 2 is 1.94 bits per heavy atom. The van der Waals surface area contributed by atoms with Gasteiger partial charge in [-0.2, -0.15) is 5.10 Å². The summed E-state index contributed by atoms with van der Waals surface area (Å²) in [6.45, 7) is 4.43. The van der Waals surface area contributed by atoms with Crippen LogP contribution in [0.15, 0.2) is 73.1 Å². The summed E-state index contributed by atoms with van der Waals surface area (Å²) in [5.74, 6) is 0.535. The van der Waals surface area contributed by atoms with Crippen LogP contribution < -0.4 is 10.1 Å². The van der Waals surface area contributed by atoms with Crippen molar-refractivity contribution in [1.29, 1.82) is 0 Å². The van der Waals surface area contributed by atoms with E-state index in [0.29, 0.717) is 17.9 Å². The highest BCUT2D eigenvalue weighted by Gasteiger charge is 2.19. The molecule has 6 nitrogen and oxygen atoms in total. The Balaban J connectivity index is 1.75. The molecule has 2 aromatic heterocycles. The first-order valence-electron chi connectivity index (χ1n) is 10.0. The number of aryl methyl sites for hydroxylation is 2. The predicted molar refractivity (Wildman–Crippen MR) is 120 cm³/mol. The topological polar surface area (TPSA) is 69.0 Å². The minimum Gasteiger partial charge on any atom is -0.497 e. The van der Waals surface area contributed by atoms with Crippen molar-refractivity contribution >= 4 is 5.91 Å². The Kier molecular flexibility index (Phi) is 5.80. The molecule has 2 aromatic carbocycles. The number of rotatable bonds is 6. The van der Waals surface area contributed by atoms with E-state index in [4.69, 9.17) is 9.84 Å². The highest BCUT2D eigenvalue weighted by Crippen LogP contribution is 2.26. The van der Waals surface area contributed by atoms with Crippen LogP contribution in [0, 0.1) is 13.8 Å².